The van der Waals surface area contributed by atoms with Gasteiger partial charge >= 0.3 is 12.1 Å². The molecule has 3 aliphatic rings. The Bertz CT molecular complexity index is 922. The average molecular weight is 525 g/mol. The first-order chi connectivity index (χ1) is 18.5. The van der Waals surface area contributed by atoms with Crippen LogP contribution in [-0.2, 0) is 17.9 Å². The first kappa shape index (κ1) is 28.4. The summed E-state index contributed by atoms with van der Waals surface area (Å²) in [5.41, 5.74) is 1.16. The number of unbranched alkanes of at least 4 members (excludes halogenated alkanes) is 1. The van der Waals surface area contributed by atoms with Crippen LogP contribution >= 0.6 is 0 Å². The molecule has 2 aliphatic carbocycles. The summed E-state index contributed by atoms with van der Waals surface area (Å²) in [6.45, 7) is 3.49. The van der Waals surface area contributed by atoms with Gasteiger partial charge in [-0.1, -0.05) is 102 Å². The van der Waals surface area contributed by atoms with Crippen LogP contribution in [-0.4, -0.2) is 35.0 Å². The highest BCUT2D eigenvalue weighted by molar-refractivity contribution is 6.07. The van der Waals surface area contributed by atoms with Crippen molar-refractivity contribution in [3.63, 3.8) is 0 Å². The summed E-state index contributed by atoms with van der Waals surface area (Å²) in [7, 11) is 0. The highest BCUT2D eigenvalue weighted by Gasteiger charge is 2.51. The summed E-state index contributed by atoms with van der Waals surface area (Å²) in [5, 5.41) is 8.95. The van der Waals surface area contributed by atoms with E-state index in [4.69, 9.17) is 0 Å². The lowest BCUT2D eigenvalue weighted by atomic mass is 9.75. The fourth-order valence-corrected chi connectivity index (χ4v) is 6.61. The predicted octanol–water partition coefficient (Wildman–Crippen LogP) is 6.41. The van der Waals surface area contributed by atoms with Crippen LogP contribution in [0.5, 0.6) is 0 Å². The monoisotopic (exact) mass is 524 g/mol. The van der Waals surface area contributed by atoms with Crippen molar-refractivity contribution >= 4 is 18.0 Å². The molecule has 1 atom stereocenters. The summed E-state index contributed by atoms with van der Waals surface area (Å²) in [6.07, 6.45) is 17.1. The highest BCUT2D eigenvalue weighted by atomic mass is 16.2. The number of nitrogens with one attached hydrogen (secondary N) is 3. The fraction of sp³-hybridized carbons (Fsp3) is 0.710. The number of imide groups is 1. The van der Waals surface area contributed by atoms with E-state index in [0.717, 1.165) is 43.2 Å². The van der Waals surface area contributed by atoms with Crippen molar-refractivity contribution in [3.8, 4) is 0 Å². The van der Waals surface area contributed by atoms with E-state index in [1.54, 1.807) is 0 Å². The number of rotatable bonds is 12. The number of nitrogens with zero attached hydrogens (tertiary/aromatic N) is 1. The topological polar surface area (TPSA) is 90.5 Å². The number of amides is 5. The molecule has 0 radical (unpaired) electrons. The third kappa shape index (κ3) is 7.73. The van der Waals surface area contributed by atoms with E-state index in [2.05, 4.69) is 22.9 Å². The average Bonchev–Trinajstić information content (AvgIpc) is 3.17. The first-order valence-electron chi connectivity index (χ1n) is 15.2. The van der Waals surface area contributed by atoms with E-state index >= 15 is 0 Å². The second-order valence-corrected chi connectivity index (χ2v) is 11.9. The Morgan fingerprint density at radius 2 is 1.55 bits per heavy atom. The minimum absolute atomic E-state index is 0.0293. The van der Waals surface area contributed by atoms with Gasteiger partial charge in [-0.3, -0.25) is 9.69 Å². The van der Waals surface area contributed by atoms with Crippen LogP contribution < -0.4 is 16.0 Å². The van der Waals surface area contributed by atoms with Crippen molar-refractivity contribution in [3.05, 3.63) is 35.4 Å². The zero-order chi connectivity index (χ0) is 26.8. The lowest BCUT2D eigenvalue weighted by Gasteiger charge is -2.34. The summed E-state index contributed by atoms with van der Waals surface area (Å²) >= 11 is 0. The molecule has 1 saturated heterocycles. The van der Waals surface area contributed by atoms with E-state index < -0.39 is 5.54 Å². The number of hydrogen-bond donors (Lipinski definition) is 3. The molecular weight excluding hydrogens is 476 g/mol. The molecular formula is C31H48N4O3. The van der Waals surface area contributed by atoms with Crippen LogP contribution in [0.15, 0.2) is 24.3 Å². The van der Waals surface area contributed by atoms with Gasteiger partial charge < -0.3 is 16.0 Å². The third-order valence-electron chi connectivity index (χ3n) is 8.94. The van der Waals surface area contributed by atoms with Gasteiger partial charge in [0.2, 0.25) is 0 Å². The highest BCUT2D eigenvalue weighted by Crippen LogP contribution is 2.39. The minimum Gasteiger partial charge on any atom is -0.338 e. The Morgan fingerprint density at radius 1 is 0.921 bits per heavy atom. The van der Waals surface area contributed by atoms with Gasteiger partial charge in [0, 0.05) is 13.1 Å². The SMILES string of the molecule is CCCCNC(=O)NCc1ccc(CN2C(=O)NC(CCC3CCCCC3)(CC3CCCCC3)C2=O)cc1. The first-order valence-corrected chi connectivity index (χ1v) is 15.2. The smallest absolute Gasteiger partial charge is 0.325 e. The maximum absolute atomic E-state index is 13.9. The van der Waals surface area contributed by atoms with Gasteiger partial charge in [0.05, 0.1) is 6.54 Å². The molecule has 3 fully saturated rings. The van der Waals surface area contributed by atoms with Gasteiger partial charge in [-0.05, 0) is 48.6 Å². The molecule has 1 aromatic rings. The molecule has 0 spiro atoms. The third-order valence-corrected chi connectivity index (χ3v) is 8.94. The van der Waals surface area contributed by atoms with Gasteiger partial charge in [0.1, 0.15) is 5.54 Å². The van der Waals surface area contributed by atoms with Gasteiger partial charge in [-0.15, -0.1) is 0 Å². The molecule has 1 heterocycles. The molecule has 4 rings (SSSR count). The minimum atomic E-state index is -0.745. The molecule has 210 valence electrons. The second kappa shape index (κ2) is 14.0. The molecule has 38 heavy (non-hydrogen) atoms. The standard InChI is InChI=1S/C31H48N4O3/c1-2-3-20-32-29(37)33-22-26-14-16-27(17-15-26)23-35-28(36)31(34-30(35)38,21-25-12-8-5-9-13-25)19-18-24-10-6-4-7-11-24/h14-17,24-25H,2-13,18-23H2,1H3,(H,34,38)(H2,32,33,37). The van der Waals surface area contributed by atoms with E-state index in [1.165, 1.54) is 69.1 Å². The van der Waals surface area contributed by atoms with E-state index in [1.807, 2.05) is 24.3 Å². The Hall–Kier alpha value is -2.57. The lowest BCUT2D eigenvalue weighted by Crippen LogP contribution is -2.49. The van der Waals surface area contributed by atoms with Crippen molar-refractivity contribution in [2.45, 2.75) is 122 Å². The van der Waals surface area contributed by atoms with Crippen LogP contribution in [0, 0.1) is 11.8 Å². The number of benzene rings is 1. The van der Waals surface area contributed by atoms with Crippen molar-refractivity contribution < 1.29 is 14.4 Å². The Kier molecular flexibility index (Phi) is 10.5. The van der Waals surface area contributed by atoms with Gasteiger partial charge in [0.15, 0.2) is 0 Å². The summed E-state index contributed by atoms with van der Waals surface area (Å²) in [6, 6.07) is 7.41. The van der Waals surface area contributed by atoms with E-state index in [9.17, 15) is 14.4 Å². The van der Waals surface area contributed by atoms with E-state index in [0.29, 0.717) is 24.9 Å². The van der Waals surface area contributed by atoms with Crippen molar-refractivity contribution in [2.75, 3.05) is 6.54 Å². The molecule has 0 bridgehead atoms. The number of hydrogen-bond acceptors (Lipinski definition) is 3. The molecule has 5 amide bonds. The maximum Gasteiger partial charge on any atom is 0.325 e. The molecule has 1 aliphatic heterocycles. The van der Waals surface area contributed by atoms with Crippen LogP contribution in [0.1, 0.15) is 114 Å². The summed E-state index contributed by atoms with van der Waals surface area (Å²) < 4.78 is 0. The van der Waals surface area contributed by atoms with Gasteiger partial charge in [-0.2, -0.15) is 0 Å². The van der Waals surface area contributed by atoms with Crippen molar-refractivity contribution in [2.24, 2.45) is 11.8 Å². The molecule has 7 heteroatoms. The van der Waals surface area contributed by atoms with Crippen LogP contribution in [0.3, 0.4) is 0 Å². The zero-order valence-corrected chi connectivity index (χ0v) is 23.4. The molecule has 2 saturated carbocycles. The maximum atomic E-state index is 13.9. The van der Waals surface area contributed by atoms with Crippen LogP contribution in [0.25, 0.3) is 0 Å². The number of carbonyl (C=O) groups is 3. The molecule has 1 unspecified atom stereocenters. The van der Waals surface area contributed by atoms with Gasteiger partial charge in [0.25, 0.3) is 5.91 Å². The predicted molar refractivity (Wildman–Crippen MR) is 150 cm³/mol. The molecule has 1 aromatic carbocycles. The molecule has 0 aromatic heterocycles. The Balaban J connectivity index is 1.37. The Morgan fingerprint density at radius 3 is 2.21 bits per heavy atom. The van der Waals surface area contributed by atoms with Gasteiger partial charge in [-0.25, -0.2) is 9.59 Å². The van der Waals surface area contributed by atoms with Crippen molar-refractivity contribution in [1.29, 1.82) is 0 Å². The van der Waals surface area contributed by atoms with E-state index in [-0.39, 0.29) is 24.5 Å². The summed E-state index contributed by atoms with van der Waals surface area (Å²) in [5.74, 6) is 1.17. The fourth-order valence-electron chi connectivity index (χ4n) is 6.61. The molecule has 7 nitrogen and oxygen atoms in total. The Labute approximate surface area is 228 Å². The largest absolute Gasteiger partial charge is 0.338 e. The lowest BCUT2D eigenvalue weighted by molar-refractivity contribution is -0.133. The molecule has 3 N–H and O–H groups in total. The quantitative estimate of drug-likeness (QED) is 0.218. The van der Waals surface area contributed by atoms with Crippen LogP contribution in [0.4, 0.5) is 9.59 Å². The number of urea groups is 2. The zero-order valence-electron chi connectivity index (χ0n) is 23.4. The van der Waals surface area contributed by atoms with Crippen LogP contribution in [0.2, 0.25) is 0 Å². The summed E-state index contributed by atoms with van der Waals surface area (Å²) in [4.78, 5) is 40.5. The second-order valence-electron chi connectivity index (χ2n) is 11.9. The normalized spacial score (nSPS) is 22.9. The van der Waals surface area contributed by atoms with Crippen molar-refractivity contribution in [1.82, 2.24) is 20.9 Å². The number of carbonyl (C=O) groups excluding carboxylic acids is 3.